The Morgan fingerprint density at radius 1 is 0.765 bits per heavy atom. The van der Waals surface area contributed by atoms with Gasteiger partial charge in [-0.1, -0.05) is 0 Å². The van der Waals surface area contributed by atoms with Gasteiger partial charge in [-0.15, -0.1) is 11.3 Å². The second kappa shape index (κ2) is 9.52. The Morgan fingerprint density at radius 2 is 1.44 bits per heavy atom. The molecule has 176 valence electrons. The first-order valence-electron chi connectivity index (χ1n) is 10.3. The molecule has 1 N–H and O–H groups in total. The number of hydrogen-bond donors (Lipinski definition) is 1. The number of thiophene rings is 1. The molecule has 0 unspecified atom stereocenters. The third kappa shape index (κ3) is 3.97. The van der Waals surface area contributed by atoms with Crippen LogP contribution >= 0.6 is 11.3 Å². The van der Waals surface area contributed by atoms with Crippen LogP contribution in [0.1, 0.15) is 15.9 Å². The first-order valence-corrected chi connectivity index (χ1v) is 11.1. The number of carbonyl (C=O) groups excluding carboxylic acids is 1. The average Bonchev–Trinajstić information content (AvgIpc) is 3.25. The van der Waals surface area contributed by atoms with Gasteiger partial charge in [0.25, 0.3) is 0 Å². The van der Waals surface area contributed by atoms with Crippen molar-refractivity contribution in [1.29, 1.82) is 0 Å². The normalized spacial score (nSPS) is 10.7. The molecule has 1 heterocycles. The van der Waals surface area contributed by atoms with Gasteiger partial charge in [0, 0.05) is 31.7 Å². The summed E-state index contributed by atoms with van der Waals surface area (Å²) in [5.74, 6) is 2.05. The van der Waals surface area contributed by atoms with Gasteiger partial charge < -0.3 is 28.8 Å². The monoisotopic (exact) mass is 480 g/mol. The minimum absolute atomic E-state index is 0.108. The molecule has 0 aliphatic rings. The summed E-state index contributed by atoms with van der Waals surface area (Å²) >= 11 is 1.45. The van der Waals surface area contributed by atoms with Crippen LogP contribution in [0.3, 0.4) is 0 Å². The van der Waals surface area contributed by atoms with E-state index >= 15 is 0 Å². The van der Waals surface area contributed by atoms with E-state index in [0.29, 0.717) is 39.9 Å². The van der Waals surface area contributed by atoms with Gasteiger partial charge in [-0.2, -0.15) is 0 Å². The van der Waals surface area contributed by atoms with Gasteiger partial charge in [-0.3, -0.25) is 4.79 Å². The number of carbonyl (C=O) groups is 1. The first kappa shape index (κ1) is 23.3. The van der Waals surface area contributed by atoms with E-state index in [9.17, 15) is 9.90 Å². The maximum Gasteiger partial charge on any atom is 0.203 e. The van der Waals surface area contributed by atoms with Crippen molar-refractivity contribution in [1.82, 2.24) is 0 Å². The highest BCUT2D eigenvalue weighted by Crippen LogP contribution is 2.47. The van der Waals surface area contributed by atoms with Crippen molar-refractivity contribution in [2.24, 2.45) is 0 Å². The van der Waals surface area contributed by atoms with Crippen LogP contribution in [-0.4, -0.2) is 46.4 Å². The van der Waals surface area contributed by atoms with Gasteiger partial charge in [0.2, 0.25) is 5.75 Å². The standard InChI is InChI=1S/C26H24O7S/c1-29-16-7-8-17-22(13-16)34-26(15-11-20(31-3)25(33-5)21(12-15)32-4)23(17)24(28)14-6-9-19(30-2)18(27)10-14/h6-13,27H,1-5H3. The van der Waals surface area contributed by atoms with Crippen molar-refractivity contribution < 1.29 is 33.6 Å². The van der Waals surface area contributed by atoms with E-state index in [2.05, 4.69) is 0 Å². The van der Waals surface area contributed by atoms with E-state index in [0.717, 1.165) is 20.5 Å². The Balaban J connectivity index is 1.98. The molecule has 0 atom stereocenters. The molecule has 34 heavy (non-hydrogen) atoms. The second-order valence-electron chi connectivity index (χ2n) is 7.30. The zero-order valence-electron chi connectivity index (χ0n) is 19.4. The largest absolute Gasteiger partial charge is 0.504 e. The van der Waals surface area contributed by atoms with Crippen LogP contribution in [0.15, 0.2) is 48.5 Å². The fourth-order valence-corrected chi connectivity index (χ4v) is 5.04. The van der Waals surface area contributed by atoms with E-state index in [1.165, 1.54) is 31.6 Å². The molecule has 0 bridgehead atoms. The molecule has 0 radical (unpaired) electrons. The van der Waals surface area contributed by atoms with Crippen LogP contribution < -0.4 is 23.7 Å². The highest BCUT2D eigenvalue weighted by atomic mass is 32.1. The lowest BCUT2D eigenvalue weighted by Gasteiger charge is -2.14. The number of phenols is 1. The molecule has 4 rings (SSSR count). The van der Waals surface area contributed by atoms with Crippen LogP contribution in [0.25, 0.3) is 20.5 Å². The summed E-state index contributed by atoms with van der Waals surface area (Å²) in [6, 6.07) is 13.8. The zero-order chi connectivity index (χ0) is 24.4. The fourth-order valence-electron chi connectivity index (χ4n) is 3.82. The number of fused-ring (bicyclic) bond motifs is 1. The molecule has 0 amide bonds. The van der Waals surface area contributed by atoms with Gasteiger partial charge in [0.05, 0.1) is 35.5 Å². The quantitative estimate of drug-likeness (QED) is 0.331. The minimum atomic E-state index is -0.238. The highest BCUT2D eigenvalue weighted by molar-refractivity contribution is 7.22. The SMILES string of the molecule is COc1ccc2c(C(=O)c3ccc(OC)c(O)c3)c(-c3cc(OC)c(OC)c(OC)c3)sc2c1. The molecule has 4 aromatic rings. The van der Waals surface area contributed by atoms with Crippen molar-refractivity contribution in [2.75, 3.05) is 35.5 Å². The molecule has 0 aliphatic heterocycles. The third-order valence-electron chi connectivity index (χ3n) is 5.49. The van der Waals surface area contributed by atoms with Gasteiger partial charge in [0.1, 0.15) is 5.75 Å². The first-order chi connectivity index (χ1) is 16.4. The zero-order valence-corrected chi connectivity index (χ0v) is 20.2. The Labute approximate surface area is 201 Å². The Kier molecular flexibility index (Phi) is 6.51. The Bertz CT molecular complexity index is 1350. The lowest BCUT2D eigenvalue weighted by molar-refractivity contribution is 0.104. The summed E-state index contributed by atoms with van der Waals surface area (Å²) in [4.78, 5) is 14.5. The summed E-state index contributed by atoms with van der Waals surface area (Å²) in [6.45, 7) is 0. The number of phenolic OH excluding ortho intramolecular Hbond substituents is 1. The lowest BCUT2D eigenvalue weighted by Crippen LogP contribution is -2.03. The summed E-state index contributed by atoms with van der Waals surface area (Å²) in [5, 5.41) is 11.0. The lowest BCUT2D eigenvalue weighted by atomic mass is 9.97. The molecule has 0 spiro atoms. The topological polar surface area (TPSA) is 83.5 Å². The maximum atomic E-state index is 13.8. The van der Waals surface area contributed by atoms with Gasteiger partial charge in [0.15, 0.2) is 28.8 Å². The fraction of sp³-hybridized carbons (Fsp3) is 0.192. The van der Waals surface area contributed by atoms with E-state index in [4.69, 9.17) is 23.7 Å². The van der Waals surface area contributed by atoms with Crippen LogP contribution in [0.2, 0.25) is 0 Å². The molecule has 0 saturated heterocycles. The number of ketones is 1. The number of hydrogen-bond acceptors (Lipinski definition) is 8. The van der Waals surface area contributed by atoms with Crippen molar-refractivity contribution in [3.05, 3.63) is 59.7 Å². The van der Waals surface area contributed by atoms with Gasteiger partial charge in [-0.25, -0.2) is 0 Å². The van der Waals surface area contributed by atoms with Gasteiger partial charge >= 0.3 is 0 Å². The third-order valence-corrected chi connectivity index (χ3v) is 6.69. The van der Waals surface area contributed by atoms with Crippen molar-refractivity contribution >= 4 is 27.2 Å². The average molecular weight is 481 g/mol. The number of ether oxygens (including phenoxy) is 5. The number of benzene rings is 3. The molecular formula is C26H24O7S. The molecule has 0 aliphatic carbocycles. The van der Waals surface area contributed by atoms with E-state index < -0.39 is 0 Å². The van der Waals surface area contributed by atoms with E-state index in [1.807, 2.05) is 30.3 Å². The van der Waals surface area contributed by atoms with Crippen molar-refractivity contribution in [3.63, 3.8) is 0 Å². The van der Waals surface area contributed by atoms with Crippen molar-refractivity contribution in [2.45, 2.75) is 0 Å². The van der Waals surface area contributed by atoms with E-state index in [1.54, 1.807) is 33.5 Å². The summed E-state index contributed by atoms with van der Waals surface area (Å²) in [6.07, 6.45) is 0. The molecule has 7 nitrogen and oxygen atoms in total. The van der Waals surface area contributed by atoms with Crippen LogP contribution in [0.5, 0.6) is 34.5 Å². The second-order valence-corrected chi connectivity index (χ2v) is 8.35. The van der Waals surface area contributed by atoms with Crippen LogP contribution in [0.4, 0.5) is 0 Å². The summed E-state index contributed by atoms with van der Waals surface area (Å²) < 4.78 is 27.9. The van der Waals surface area contributed by atoms with Crippen LogP contribution in [-0.2, 0) is 0 Å². The number of methoxy groups -OCH3 is 5. The molecule has 0 saturated carbocycles. The van der Waals surface area contributed by atoms with E-state index in [-0.39, 0.29) is 11.5 Å². The molecule has 0 fully saturated rings. The molecule has 3 aromatic carbocycles. The predicted octanol–water partition coefficient (Wildman–Crippen LogP) is 5.55. The predicted molar refractivity (Wildman–Crippen MR) is 132 cm³/mol. The molecule has 8 heteroatoms. The van der Waals surface area contributed by atoms with Gasteiger partial charge in [-0.05, 0) is 48.5 Å². The Morgan fingerprint density at radius 3 is 2.00 bits per heavy atom. The minimum Gasteiger partial charge on any atom is -0.504 e. The molecule has 1 aromatic heterocycles. The highest BCUT2D eigenvalue weighted by Gasteiger charge is 2.25. The number of aromatic hydroxyl groups is 1. The smallest absolute Gasteiger partial charge is 0.203 e. The van der Waals surface area contributed by atoms with Crippen molar-refractivity contribution in [3.8, 4) is 44.9 Å². The molecular weight excluding hydrogens is 456 g/mol. The maximum absolute atomic E-state index is 13.8. The summed E-state index contributed by atoms with van der Waals surface area (Å²) in [7, 11) is 7.68. The summed E-state index contributed by atoms with van der Waals surface area (Å²) in [5.41, 5.74) is 1.57. The Hall–Kier alpha value is -3.91. The number of rotatable bonds is 8. The van der Waals surface area contributed by atoms with Crippen LogP contribution in [0, 0.1) is 0 Å².